The van der Waals surface area contributed by atoms with Gasteiger partial charge in [-0.25, -0.2) is 9.97 Å². The van der Waals surface area contributed by atoms with E-state index in [2.05, 4.69) is 37.5 Å². The molecule has 0 saturated carbocycles. The molecule has 0 aliphatic carbocycles. The molecule has 0 bridgehead atoms. The van der Waals surface area contributed by atoms with E-state index >= 15 is 0 Å². The Morgan fingerprint density at radius 3 is 2.67 bits per heavy atom. The summed E-state index contributed by atoms with van der Waals surface area (Å²) in [6.45, 7) is -0.232. The van der Waals surface area contributed by atoms with Crippen molar-refractivity contribution in [2.45, 2.75) is 0 Å². The summed E-state index contributed by atoms with van der Waals surface area (Å²) in [5.74, 6) is 5.35. The lowest BCUT2D eigenvalue weighted by Crippen LogP contribution is -2.38. The molecule has 0 atom stereocenters. The number of rotatable bonds is 5. The minimum absolute atomic E-state index is 0.0385. The van der Waals surface area contributed by atoms with E-state index in [-0.39, 0.29) is 35.1 Å². The number of nitrogens with two attached hydrogens (primary N) is 1. The van der Waals surface area contributed by atoms with Gasteiger partial charge in [0.15, 0.2) is 17.3 Å². The fraction of sp³-hybridized carbons (Fsp3) is 0.0400. The zero-order valence-electron chi connectivity index (χ0n) is 18.8. The zero-order valence-corrected chi connectivity index (χ0v) is 19.5. The molecule has 2 heterocycles. The third kappa shape index (κ3) is 6.11. The lowest BCUT2D eigenvalue weighted by molar-refractivity contribution is 0.0954. The van der Waals surface area contributed by atoms with Crippen LogP contribution in [0.4, 0.5) is 17.3 Å². The Hall–Kier alpha value is -5.01. The Kier molecular flexibility index (Phi) is 7.33. The van der Waals surface area contributed by atoms with Gasteiger partial charge in [-0.3, -0.25) is 15.6 Å². The molecule has 10 nitrogen and oxygen atoms in total. The Morgan fingerprint density at radius 2 is 1.89 bits per heavy atom. The van der Waals surface area contributed by atoms with Crippen molar-refractivity contribution in [3.05, 3.63) is 100 Å². The molecule has 6 N–H and O–H groups in total. The van der Waals surface area contributed by atoms with E-state index in [0.717, 1.165) is 10.2 Å². The van der Waals surface area contributed by atoms with Crippen LogP contribution in [0.25, 0.3) is 0 Å². The zero-order chi connectivity index (χ0) is 25.5. The molecule has 2 aromatic carbocycles. The number of carbonyl (C=O) groups excluding carboxylic acids is 1. The second kappa shape index (κ2) is 10.9. The number of nitrogen functional groups attached to an aromatic ring is 1. The predicted octanol–water partition coefficient (Wildman–Crippen LogP) is 2.79. The van der Waals surface area contributed by atoms with E-state index in [1.165, 1.54) is 12.3 Å². The largest absolute Gasteiger partial charge is 0.382 e. The van der Waals surface area contributed by atoms with Crippen LogP contribution in [0.15, 0.2) is 72.9 Å². The van der Waals surface area contributed by atoms with Crippen molar-refractivity contribution in [1.29, 1.82) is 10.8 Å². The lowest BCUT2D eigenvalue weighted by atomic mass is 10.2. The molecule has 1 amide bonds. The molecule has 0 saturated heterocycles. The van der Waals surface area contributed by atoms with E-state index in [1.807, 2.05) is 36.4 Å². The first-order valence-corrected chi connectivity index (χ1v) is 11.0. The molecule has 4 aromatic rings. The first-order chi connectivity index (χ1) is 17.4. The quantitative estimate of drug-likeness (QED) is 0.162. The van der Waals surface area contributed by atoms with Crippen molar-refractivity contribution < 1.29 is 4.79 Å². The maximum atomic E-state index is 12.7. The molecule has 36 heavy (non-hydrogen) atoms. The smallest absolute Gasteiger partial charge is 0.274 e. The number of halogens is 1. The topological polar surface area (TPSA) is 158 Å². The molecule has 0 aliphatic heterocycles. The first-order valence-electron chi connectivity index (χ1n) is 10.6. The number of amides is 1. The van der Waals surface area contributed by atoms with Crippen LogP contribution in [0.3, 0.4) is 0 Å². The number of benzene rings is 2. The van der Waals surface area contributed by atoms with E-state index in [0.29, 0.717) is 16.5 Å². The van der Waals surface area contributed by atoms with E-state index < -0.39 is 5.91 Å². The summed E-state index contributed by atoms with van der Waals surface area (Å²) in [6, 6.07) is 19.5. The Balaban J connectivity index is 1.45. The molecular formula is C25H20ClN9O. The summed E-state index contributed by atoms with van der Waals surface area (Å²) in [5, 5.41) is 26.8. The normalized spacial score (nSPS) is 10.1. The molecule has 0 unspecified atom stereocenters. The van der Waals surface area contributed by atoms with Crippen LogP contribution in [0.1, 0.15) is 21.7 Å². The average Bonchev–Trinajstić information content (AvgIpc) is 2.88. The van der Waals surface area contributed by atoms with Crippen molar-refractivity contribution >= 4 is 40.7 Å². The summed E-state index contributed by atoms with van der Waals surface area (Å²) in [4.78, 5) is 20.9. The lowest BCUT2D eigenvalue weighted by Gasteiger charge is -2.12. The highest BCUT2D eigenvalue weighted by atomic mass is 35.5. The van der Waals surface area contributed by atoms with Gasteiger partial charge in [0, 0.05) is 16.3 Å². The first kappa shape index (κ1) is 24.1. The molecule has 2 aromatic heterocycles. The number of hydrogen-bond donors (Lipinski definition) is 5. The molecule has 4 rings (SSSR count). The van der Waals surface area contributed by atoms with Crippen LogP contribution in [-0.4, -0.2) is 38.0 Å². The van der Waals surface area contributed by atoms with Crippen molar-refractivity contribution in [1.82, 2.24) is 25.1 Å². The van der Waals surface area contributed by atoms with Crippen LogP contribution >= 0.6 is 11.6 Å². The Bertz CT molecular complexity index is 1560. The van der Waals surface area contributed by atoms with Crippen molar-refractivity contribution in [2.75, 3.05) is 17.6 Å². The van der Waals surface area contributed by atoms with E-state index in [1.54, 1.807) is 24.3 Å². The van der Waals surface area contributed by atoms with Gasteiger partial charge < -0.3 is 16.4 Å². The molecule has 11 heteroatoms. The highest BCUT2D eigenvalue weighted by Crippen LogP contribution is 2.18. The Labute approximate surface area is 211 Å². The summed E-state index contributed by atoms with van der Waals surface area (Å²) in [7, 11) is 0. The minimum Gasteiger partial charge on any atom is -0.382 e. The van der Waals surface area contributed by atoms with Crippen molar-refractivity contribution in [2.24, 2.45) is 0 Å². The SMILES string of the molecule is N=C(CNC(=O)c1nc(C#Cc2ccccc2)cnc1N)n1nc(Nc2cccc(Cl)c2)ccc1=N. The third-order valence-electron chi connectivity index (χ3n) is 4.73. The van der Waals surface area contributed by atoms with Crippen LogP contribution in [0.2, 0.25) is 5.02 Å². The highest BCUT2D eigenvalue weighted by Gasteiger charge is 2.15. The fourth-order valence-electron chi connectivity index (χ4n) is 3.02. The van der Waals surface area contributed by atoms with Crippen LogP contribution < -0.4 is 21.9 Å². The molecule has 178 valence electrons. The van der Waals surface area contributed by atoms with Gasteiger partial charge in [0.25, 0.3) is 5.91 Å². The number of anilines is 3. The predicted molar refractivity (Wildman–Crippen MR) is 137 cm³/mol. The Morgan fingerprint density at radius 1 is 1.08 bits per heavy atom. The second-order valence-electron chi connectivity index (χ2n) is 7.39. The van der Waals surface area contributed by atoms with Gasteiger partial charge >= 0.3 is 0 Å². The van der Waals surface area contributed by atoms with Gasteiger partial charge in [-0.05, 0) is 48.4 Å². The van der Waals surface area contributed by atoms with Gasteiger partial charge in [-0.2, -0.15) is 4.68 Å². The number of hydrogen-bond acceptors (Lipinski definition) is 8. The van der Waals surface area contributed by atoms with Gasteiger partial charge in [-0.15, -0.1) is 5.10 Å². The summed E-state index contributed by atoms with van der Waals surface area (Å²) in [6.07, 6.45) is 1.38. The number of nitrogens with zero attached hydrogens (tertiary/aromatic N) is 4. The molecular weight excluding hydrogens is 478 g/mol. The molecule has 0 radical (unpaired) electrons. The maximum absolute atomic E-state index is 12.7. The molecule has 0 spiro atoms. The monoisotopic (exact) mass is 497 g/mol. The number of aromatic nitrogens is 4. The summed E-state index contributed by atoms with van der Waals surface area (Å²) >= 11 is 6.01. The summed E-state index contributed by atoms with van der Waals surface area (Å²) in [5.41, 5.74) is 7.46. The maximum Gasteiger partial charge on any atom is 0.274 e. The second-order valence-corrected chi connectivity index (χ2v) is 7.82. The van der Waals surface area contributed by atoms with Crippen molar-refractivity contribution in [3.8, 4) is 11.8 Å². The van der Waals surface area contributed by atoms with Gasteiger partial charge in [0.1, 0.15) is 17.0 Å². The average molecular weight is 498 g/mol. The van der Waals surface area contributed by atoms with Crippen LogP contribution in [0.5, 0.6) is 0 Å². The third-order valence-corrected chi connectivity index (χ3v) is 4.96. The van der Waals surface area contributed by atoms with Crippen molar-refractivity contribution in [3.63, 3.8) is 0 Å². The van der Waals surface area contributed by atoms with E-state index in [9.17, 15) is 4.79 Å². The molecule has 0 aliphatic rings. The van der Waals surface area contributed by atoms with Crippen LogP contribution in [-0.2, 0) is 0 Å². The summed E-state index contributed by atoms with van der Waals surface area (Å²) < 4.78 is 1.09. The van der Waals surface area contributed by atoms with Gasteiger partial charge in [-0.1, -0.05) is 41.8 Å². The molecule has 0 fully saturated rings. The number of carbonyl (C=O) groups is 1. The minimum atomic E-state index is -0.631. The fourth-order valence-corrected chi connectivity index (χ4v) is 3.21. The number of nitrogens with one attached hydrogen (secondary N) is 4. The van der Waals surface area contributed by atoms with Gasteiger partial charge in [0.2, 0.25) is 0 Å². The van der Waals surface area contributed by atoms with E-state index in [4.69, 9.17) is 28.2 Å². The van der Waals surface area contributed by atoms with Gasteiger partial charge in [0.05, 0.1) is 12.7 Å². The standard InChI is InChI=1S/C25H20ClN9O/c26-17-7-4-8-18(13-17)32-22-12-11-20(27)35(34-22)21(28)15-31-25(36)23-24(29)30-14-19(33-23)10-9-16-5-2-1-3-6-16/h1-8,11-14,27-28H,15H2,(H2,29,30)(H,31,36)(H,32,34). The highest BCUT2D eigenvalue weighted by molar-refractivity contribution is 6.30. The van der Waals surface area contributed by atoms with Crippen LogP contribution in [0, 0.1) is 22.7 Å².